The predicted molar refractivity (Wildman–Crippen MR) is 75.2 cm³/mol. The van der Waals surface area contributed by atoms with Gasteiger partial charge in [0.15, 0.2) is 0 Å². The summed E-state index contributed by atoms with van der Waals surface area (Å²) >= 11 is 6.25. The Morgan fingerprint density at radius 3 is 2.00 bits per heavy atom. The van der Waals surface area contributed by atoms with E-state index < -0.39 is 0 Å². The third-order valence-corrected chi connectivity index (χ3v) is 4.33. The monoisotopic (exact) mass is 256 g/mol. The highest BCUT2D eigenvalue weighted by molar-refractivity contribution is 6.30. The van der Waals surface area contributed by atoms with E-state index in [0.29, 0.717) is 11.5 Å². The third kappa shape index (κ3) is 2.70. The van der Waals surface area contributed by atoms with Crippen molar-refractivity contribution in [2.45, 2.75) is 54.9 Å². The fourth-order valence-electron chi connectivity index (χ4n) is 2.04. The molecule has 1 aliphatic carbocycles. The van der Waals surface area contributed by atoms with E-state index >= 15 is 0 Å². The quantitative estimate of drug-likeness (QED) is 0.613. The first-order valence-corrected chi connectivity index (χ1v) is 6.58. The molecule has 1 unspecified atom stereocenters. The second-order valence-electron chi connectivity index (χ2n) is 7.41. The van der Waals surface area contributed by atoms with Gasteiger partial charge in [-0.1, -0.05) is 66.1 Å². The molecular formula is C15H25ClO. The average Bonchev–Trinajstić information content (AvgIpc) is 2.07. The van der Waals surface area contributed by atoms with Crippen molar-refractivity contribution >= 4 is 11.6 Å². The van der Waals surface area contributed by atoms with Crippen molar-refractivity contribution in [2.24, 2.45) is 16.2 Å². The summed E-state index contributed by atoms with van der Waals surface area (Å²) in [4.78, 5) is 0. The molecule has 0 saturated carbocycles. The summed E-state index contributed by atoms with van der Waals surface area (Å²) in [6.45, 7) is 15.2. The summed E-state index contributed by atoms with van der Waals surface area (Å²) in [5, 5.41) is 10.7. The van der Waals surface area contributed by atoms with Crippen molar-refractivity contribution in [1.29, 1.82) is 0 Å². The minimum absolute atomic E-state index is 0.0150. The summed E-state index contributed by atoms with van der Waals surface area (Å²) in [5.41, 5.74) is 0.978. The van der Waals surface area contributed by atoms with Crippen LogP contribution in [0.1, 0.15) is 54.9 Å². The Hall–Kier alpha value is -0.430. The van der Waals surface area contributed by atoms with Gasteiger partial charge in [-0.3, -0.25) is 0 Å². The number of hydrogen-bond acceptors (Lipinski definition) is 1. The normalized spacial score (nSPS) is 27.2. The van der Waals surface area contributed by atoms with Crippen molar-refractivity contribution < 1.29 is 5.11 Å². The standard InChI is InChI=1S/C15H25ClO/c1-13(2,3)10-8-15(7,14(4,5)6)9-11(16)12(10)17/h8,17H,9H2,1-7H3. The molecule has 1 atom stereocenters. The highest BCUT2D eigenvalue weighted by Gasteiger charge is 2.41. The molecule has 1 nitrogen and oxygen atoms in total. The van der Waals surface area contributed by atoms with E-state index in [-0.39, 0.29) is 22.0 Å². The van der Waals surface area contributed by atoms with Crippen molar-refractivity contribution in [1.82, 2.24) is 0 Å². The lowest BCUT2D eigenvalue weighted by Gasteiger charge is -2.44. The van der Waals surface area contributed by atoms with Gasteiger partial charge in [0.2, 0.25) is 0 Å². The zero-order chi connectivity index (χ0) is 13.6. The topological polar surface area (TPSA) is 20.2 Å². The van der Waals surface area contributed by atoms with Crippen LogP contribution in [0.2, 0.25) is 0 Å². The number of allylic oxidation sites excluding steroid dienone is 3. The number of hydrogen-bond donors (Lipinski definition) is 1. The van der Waals surface area contributed by atoms with Crippen LogP contribution < -0.4 is 0 Å². The second kappa shape index (κ2) is 4.05. The molecular weight excluding hydrogens is 232 g/mol. The largest absolute Gasteiger partial charge is 0.506 e. The molecule has 0 heterocycles. The van der Waals surface area contributed by atoms with Gasteiger partial charge in [-0.15, -0.1) is 0 Å². The summed E-state index contributed by atoms with van der Waals surface area (Å²) in [6, 6.07) is 0. The maximum atomic E-state index is 10.2. The van der Waals surface area contributed by atoms with Crippen LogP contribution in [0, 0.1) is 16.2 Å². The SMILES string of the molecule is CC(C)(C)C1=CC(C)(C(C)(C)C)CC(Cl)=C1O. The molecule has 0 fully saturated rings. The minimum atomic E-state index is -0.0862. The van der Waals surface area contributed by atoms with Gasteiger partial charge < -0.3 is 5.11 Å². The van der Waals surface area contributed by atoms with Crippen molar-refractivity contribution in [3.05, 3.63) is 22.4 Å². The van der Waals surface area contributed by atoms with Crippen molar-refractivity contribution in [2.75, 3.05) is 0 Å². The lowest BCUT2D eigenvalue weighted by Crippen LogP contribution is -2.35. The highest BCUT2D eigenvalue weighted by atomic mass is 35.5. The molecule has 2 heteroatoms. The average molecular weight is 257 g/mol. The van der Waals surface area contributed by atoms with Crippen LogP contribution in [0.3, 0.4) is 0 Å². The summed E-state index contributed by atoms with van der Waals surface area (Å²) < 4.78 is 0. The van der Waals surface area contributed by atoms with Crippen LogP contribution in [0.25, 0.3) is 0 Å². The van der Waals surface area contributed by atoms with Gasteiger partial charge in [0.1, 0.15) is 5.76 Å². The van der Waals surface area contributed by atoms with E-state index in [1.54, 1.807) is 0 Å². The first-order valence-electron chi connectivity index (χ1n) is 6.20. The zero-order valence-electron chi connectivity index (χ0n) is 12.1. The molecule has 0 aliphatic heterocycles. The molecule has 1 N–H and O–H groups in total. The predicted octanol–water partition coefficient (Wildman–Crippen LogP) is 5.42. The molecule has 0 amide bonds. The Kier molecular flexibility index (Phi) is 3.48. The number of aliphatic hydroxyl groups is 1. The smallest absolute Gasteiger partial charge is 0.133 e. The Balaban J connectivity index is 3.35. The van der Waals surface area contributed by atoms with E-state index in [2.05, 4.69) is 54.5 Å². The molecule has 0 radical (unpaired) electrons. The van der Waals surface area contributed by atoms with Crippen LogP contribution in [-0.2, 0) is 0 Å². The highest BCUT2D eigenvalue weighted by Crippen LogP contribution is 2.52. The maximum Gasteiger partial charge on any atom is 0.133 e. The van der Waals surface area contributed by atoms with Gasteiger partial charge >= 0.3 is 0 Å². The van der Waals surface area contributed by atoms with Crippen LogP contribution in [0.4, 0.5) is 0 Å². The van der Waals surface area contributed by atoms with Gasteiger partial charge in [0.05, 0.1) is 5.03 Å². The fraction of sp³-hybridized carbons (Fsp3) is 0.733. The maximum absolute atomic E-state index is 10.2. The fourth-order valence-corrected chi connectivity index (χ4v) is 2.42. The molecule has 98 valence electrons. The Bertz CT molecular complexity index is 377. The van der Waals surface area contributed by atoms with E-state index in [0.717, 1.165) is 5.57 Å². The summed E-state index contributed by atoms with van der Waals surface area (Å²) in [6.07, 6.45) is 2.93. The van der Waals surface area contributed by atoms with Gasteiger partial charge in [0.25, 0.3) is 0 Å². The van der Waals surface area contributed by atoms with Crippen molar-refractivity contribution in [3.63, 3.8) is 0 Å². The molecule has 0 bridgehead atoms. The van der Waals surface area contributed by atoms with Crippen LogP contribution in [0.15, 0.2) is 22.4 Å². The molecule has 0 spiro atoms. The van der Waals surface area contributed by atoms with E-state index in [9.17, 15) is 5.11 Å². The zero-order valence-corrected chi connectivity index (χ0v) is 12.9. The van der Waals surface area contributed by atoms with E-state index in [1.807, 2.05) is 0 Å². The lowest BCUT2D eigenvalue weighted by molar-refractivity contribution is 0.159. The van der Waals surface area contributed by atoms with Crippen LogP contribution in [0.5, 0.6) is 0 Å². The summed E-state index contributed by atoms with van der Waals surface area (Å²) in [7, 11) is 0. The number of rotatable bonds is 0. The first-order chi connectivity index (χ1) is 7.38. The Labute approximate surface area is 111 Å². The lowest BCUT2D eigenvalue weighted by atomic mass is 9.62. The molecule has 1 rings (SSSR count). The van der Waals surface area contributed by atoms with Crippen LogP contribution in [-0.4, -0.2) is 5.11 Å². The van der Waals surface area contributed by atoms with E-state index in [4.69, 9.17) is 11.6 Å². The van der Waals surface area contributed by atoms with Crippen LogP contribution >= 0.6 is 11.6 Å². The molecule has 0 aromatic heterocycles. The molecule has 0 aromatic carbocycles. The molecule has 0 aromatic rings. The molecule has 17 heavy (non-hydrogen) atoms. The van der Waals surface area contributed by atoms with Gasteiger partial charge in [-0.05, 0) is 28.2 Å². The van der Waals surface area contributed by atoms with E-state index in [1.165, 1.54) is 0 Å². The van der Waals surface area contributed by atoms with Gasteiger partial charge in [-0.25, -0.2) is 0 Å². The Morgan fingerprint density at radius 2 is 1.65 bits per heavy atom. The van der Waals surface area contributed by atoms with Crippen molar-refractivity contribution in [3.8, 4) is 0 Å². The Morgan fingerprint density at radius 1 is 1.18 bits per heavy atom. The first kappa shape index (κ1) is 14.6. The number of aliphatic hydroxyl groups excluding tert-OH is 1. The summed E-state index contributed by atoms with van der Waals surface area (Å²) in [5.74, 6) is 0.279. The van der Waals surface area contributed by atoms with Gasteiger partial charge in [-0.2, -0.15) is 0 Å². The van der Waals surface area contributed by atoms with Gasteiger partial charge in [0, 0.05) is 0 Å². The third-order valence-electron chi connectivity index (χ3n) is 4.02. The number of halogens is 1. The minimum Gasteiger partial charge on any atom is -0.506 e. The molecule has 0 saturated heterocycles. The second-order valence-corrected chi connectivity index (χ2v) is 7.86. The molecule has 1 aliphatic rings.